The first-order valence-electron chi connectivity index (χ1n) is 6.82. The fourth-order valence-electron chi connectivity index (χ4n) is 2.65. The molecule has 2 unspecified atom stereocenters. The highest BCUT2D eigenvalue weighted by Gasteiger charge is 2.24. The van der Waals surface area contributed by atoms with E-state index in [1.807, 2.05) is 18.2 Å². The van der Waals surface area contributed by atoms with E-state index in [0.29, 0.717) is 17.6 Å². The standard InChI is InChI=1S/C14H18N4O/c15-11-6-2-1-5-10(11)9-13-17-14(18-19-13)12-7-3-4-8-16-12/h3-4,7-8,10-11H,1-2,5-6,9,15H2. The molecule has 1 aliphatic carbocycles. The van der Waals surface area contributed by atoms with Gasteiger partial charge in [0.05, 0.1) is 0 Å². The molecular weight excluding hydrogens is 240 g/mol. The highest BCUT2D eigenvalue weighted by atomic mass is 16.5. The topological polar surface area (TPSA) is 77.8 Å². The number of nitrogens with zero attached hydrogens (tertiary/aromatic N) is 3. The second-order valence-electron chi connectivity index (χ2n) is 5.14. The summed E-state index contributed by atoms with van der Waals surface area (Å²) in [4.78, 5) is 8.63. The largest absolute Gasteiger partial charge is 0.339 e. The summed E-state index contributed by atoms with van der Waals surface area (Å²) in [6.07, 6.45) is 7.25. The first kappa shape index (κ1) is 12.3. The Kier molecular flexibility index (Phi) is 3.55. The fraction of sp³-hybridized carbons (Fsp3) is 0.500. The average Bonchev–Trinajstić information content (AvgIpc) is 2.91. The van der Waals surface area contributed by atoms with E-state index in [0.717, 1.165) is 25.0 Å². The molecule has 0 radical (unpaired) electrons. The van der Waals surface area contributed by atoms with Crippen LogP contribution in [-0.2, 0) is 6.42 Å². The molecule has 1 aliphatic rings. The van der Waals surface area contributed by atoms with Crippen LogP contribution in [0.4, 0.5) is 0 Å². The smallest absolute Gasteiger partial charge is 0.227 e. The van der Waals surface area contributed by atoms with Gasteiger partial charge in [0.1, 0.15) is 5.69 Å². The van der Waals surface area contributed by atoms with Gasteiger partial charge in [-0.1, -0.05) is 24.1 Å². The minimum atomic E-state index is 0.263. The Morgan fingerprint density at radius 1 is 1.26 bits per heavy atom. The Balaban J connectivity index is 1.71. The highest BCUT2D eigenvalue weighted by molar-refractivity contribution is 5.46. The van der Waals surface area contributed by atoms with Gasteiger partial charge in [-0.2, -0.15) is 4.98 Å². The van der Waals surface area contributed by atoms with E-state index < -0.39 is 0 Å². The molecule has 0 bridgehead atoms. The Labute approximate surface area is 112 Å². The van der Waals surface area contributed by atoms with E-state index in [1.54, 1.807) is 6.20 Å². The van der Waals surface area contributed by atoms with Gasteiger partial charge in [0.2, 0.25) is 11.7 Å². The molecule has 0 aliphatic heterocycles. The van der Waals surface area contributed by atoms with Crippen LogP contribution in [0, 0.1) is 5.92 Å². The second kappa shape index (κ2) is 5.48. The Hall–Kier alpha value is -1.75. The lowest BCUT2D eigenvalue weighted by molar-refractivity contribution is 0.273. The number of nitrogens with two attached hydrogens (primary N) is 1. The number of hydrogen-bond donors (Lipinski definition) is 1. The van der Waals surface area contributed by atoms with Crippen molar-refractivity contribution in [3.8, 4) is 11.5 Å². The van der Waals surface area contributed by atoms with Crippen molar-refractivity contribution in [1.82, 2.24) is 15.1 Å². The zero-order chi connectivity index (χ0) is 13.1. The molecule has 1 fully saturated rings. The van der Waals surface area contributed by atoms with E-state index in [2.05, 4.69) is 15.1 Å². The summed E-state index contributed by atoms with van der Waals surface area (Å²) < 4.78 is 5.31. The molecule has 0 saturated heterocycles. The maximum absolute atomic E-state index is 6.14. The maximum atomic E-state index is 6.14. The molecule has 2 aromatic rings. The molecule has 0 aromatic carbocycles. The molecule has 19 heavy (non-hydrogen) atoms. The van der Waals surface area contributed by atoms with Crippen molar-refractivity contribution in [1.29, 1.82) is 0 Å². The monoisotopic (exact) mass is 258 g/mol. The molecule has 2 heterocycles. The summed E-state index contributed by atoms with van der Waals surface area (Å²) in [7, 11) is 0. The van der Waals surface area contributed by atoms with Gasteiger partial charge in [-0.25, -0.2) is 0 Å². The fourth-order valence-corrected chi connectivity index (χ4v) is 2.65. The zero-order valence-corrected chi connectivity index (χ0v) is 10.8. The summed E-state index contributed by atoms with van der Waals surface area (Å²) in [6, 6.07) is 5.92. The first-order valence-corrected chi connectivity index (χ1v) is 6.82. The summed E-state index contributed by atoms with van der Waals surface area (Å²) >= 11 is 0. The van der Waals surface area contributed by atoms with E-state index >= 15 is 0 Å². The predicted molar refractivity (Wildman–Crippen MR) is 71.2 cm³/mol. The number of hydrogen-bond acceptors (Lipinski definition) is 5. The first-order chi connectivity index (χ1) is 9.33. The van der Waals surface area contributed by atoms with Crippen LogP contribution >= 0.6 is 0 Å². The second-order valence-corrected chi connectivity index (χ2v) is 5.14. The zero-order valence-electron chi connectivity index (χ0n) is 10.8. The summed E-state index contributed by atoms with van der Waals surface area (Å²) in [5.41, 5.74) is 6.88. The van der Waals surface area contributed by atoms with Crippen molar-refractivity contribution in [3.63, 3.8) is 0 Å². The van der Waals surface area contributed by atoms with Crippen molar-refractivity contribution in [2.24, 2.45) is 11.7 Å². The van der Waals surface area contributed by atoms with Gasteiger partial charge < -0.3 is 10.3 Å². The molecule has 0 spiro atoms. The molecular formula is C14H18N4O. The van der Waals surface area contributed by atoms with E-state index in [-0.39, 0.29) is 6.04 Å². The molecule has 1 saturated carbocycles. The third-order valence-corrected chi connectivity index (χ3v) is 3.77. The molecule has 5 nitrogen and oxygen atoms in total. The Bertz CT molecular complexity index is 525. The van der Waals surface area contributed by atoms with Crippen LogP contribution in [0.25, 0.3) is 11.5 Å². The number of pyridine rings is 1. The number of aromatic nitrogens is 3. The van der Waals surface area contributed by atoms with Crippen LogP contribution in [-0.4, -0.2) is 21.2 Å². The van der Waals surface area contributed by atoms with E-state index in [1.165, 1.54) is 12.8 Å². The van der Waals surface area contributed by atoms with Gasteiger partial charge in [0.25, 0.3) is 0 Å². The lowest BCUT2D eigenvalue weighted by Crippen LogP contribution is -2.34. The van der Waals surface area contributed by atoms with Crippen molar-refractivity contribution < 1.29 is 4.52 Å². The van der Waals surface area contributed by atoms with Gasteiger partial charge in [-0.05, 0) is 30.9 Å². The summed E-state index contributed by atoms with van der Waals surface area (Å²) in [6.45, 7) is 0. The van der Waals surface area contributed by atoms with Crippen molar-refractivity contribution in [2.75, 3.05) is 0 Å². The molecule has 100 valence electrons. The van der Waals surface area contributed by atoms with Crippen LogP contribution in [0.5, 0.6) is 0 Å². The molecule has 2 aromatic heterocycles. The lowest BCUT2D eigenvalue weighted by atomic mass is 9.83. The lowest BCUT2D eigenvalue weighted by Gasteiger charge is -2.27. The SMILES string of the molecule is NC1CCCCC1Cc1nc(-c2ccccn2)no1. The maximum Gasteiger partial charge on any atom is 0.227 e. The van der Waals surface area contributed by atoms with Crippen LogP contribution < -0.4 is 5.73 Å². The molecule has 2 atom stereocenters. The van der Waals surface area contributed by atoms with Gasteiger partial charge in [0.15, 0.2) is 0 Å². The third kappa shape index (κ3) is 2.81. The van der Waals surface area contributed by atoms with Crippen LogP contribution in [0.3, 0.4) is 0 Å². The van der Waals surface area contributed by atoms with Gasteiger partial charge in [-0.3, -0.25) is 4.98 Å². The van der Waals surface area contributed by atoms with Crippen molar-refractivity contribution in [2.45, 2.75) is 38.1 Å². The van der Waals surface area contributed by atoms with Crippen LogP contribution in [0.2, 0.25) is 0 Å². The van der Waals surface area contributed by atoms with Crippen molar-refractivity contribution in [3.05, 3.63) is 30.3 Å². The molecule has 3 rings (SSSR count). The average molecular weight is 258 g/mol. The molecule has 0 amide bonds. The van der Waals surface area contributed by atoms with Gasteiger partial charge >= 0.3 is 0 Å². The van der Waals surface area contributed by atoms with Crippen molar-refractivity contribution >= 4 is 0 Å². The minimum absolute atomic E-state index is 0.263. The highest BCUT2D eigenvalue weighted by Crippen LogP contribution is 2.26. The molecule has 5 heteroatoms. The normalized spacial score (nSPS) is 23.4. The Morgan fingerprint density at radius 2 is 2.16 bits per heavy atom. The van der Waals surface area contributed by atoms with E-state index in [9.17, 15) is 0 Å². The Morgan fingerprint density at radius 3 is 2.95 bits per heavy atom. The van der Waals surface area contributed by atoms with E-state index in [4.69, 9.17) is 10.3 Å². The van der Waals surface area contributed by atoms with Crippen LogP contribution in [0.1, 0.15) is 31.6 Å². The molecule has 2 N–H and O–H groups in total. The van der Waals surface area contributed by atoms with Gasteiger partial charge in [-0.15, -0.1) is 0 Å². The summed E-state index contributed by atoms with van der Waals surface area (Å²) in [5, 5.41) is 3.99. The quantitative estimate of drug-likeness (QED) is 0.913. The van der Waals surface area contributed by atoms with Gasteiger partial charge in [0, 0.05) is 18.7 Å². The summed E-state index contributed by atoms with van der Waals surface area (Å²) in [5.74, 6) is 1.69. The predicted octanol–water partition coefficient (Wildman–Crippen LogP) is 2.19. The third-order valence-electron chi connectivity index (χ3n) is 3.77. The minimum Gasteiger partial charge on any atom is -0.339 e. The van der Waals surface area contributed by atoms with Crippen LogP contribution in [0.15, 0.2) is 28.9 Å². The number of rotatable bonds is 3.